The van der Waals surface area contributed by atoms with Crippen molar-refractivity contribution < 1.29 is 0 Å². The summed E-state index contributed by atoms with van der Waals surface area (Å²) in [5.74, 6) is 0. The lowest BCUT2D eigenvalue weighted by Gasteiger charge is -2.17. The van der Waals surface area contributed by atoms with Gasteiger partial charge in [-0.2, -0.15) is 0 Å². The Labute approximate surface area is 130 Å². The Hall–Kier alpha value is -2.60. The summed E-state index contributed by atoms with van der Waals surface area (Å²) in [4.78, 5) is 0. The fraction of sp³-hybridized carbons (Fsp3) is 0.0909. The van der Waals surface area contributed by atoms with Gasteiger partial charge in [0.25, 0.3) is 0 Å². The molecule has 0 fully saturated rings. The highest BCUT2D eigenvalue weighted by Gasteiger charge is 2.14. The maximum atomic E-state index is 4.30. The van der Waals surface area contributed by atoms with Gasteiger partial charge < -0.3 is 0 Å². The summed E-state index contributed by atoms with van der Waals surface area (Å²) in [6.07, 6.45) is 15.0. The number of fused-ring (bicyclic) bond motifs is 2. The van der Waals surface area contributed by atoms with E-state index in [4.69, 9.17) is 0 Å². The molecule has 0 saturated carbocycles. The van der Waals surface area contributed by atoms with E-state index in [1.54, 1.807) is 0 Å². The molecule has 0 unspecified atom stereocenters. The van der Waals surface area contributed by atoms with E-state index in [1.807, 2.05) is 0 Å². The van der Waals surface area contributed by atoms with Gasteiger partial charge >= 0.3 is 0 Å². The van der Waals surface area contributed by atoms with Gasteiger partial charge in [0.1, 0.15) is 0 Å². The molecule has 22 heavy (non-hydrogen) atoms. The van der Waals surface area contributed by atoms with Gasteiger partial charge in [-0.05, 0) is 56.0 Å². The third-order valence-electron chi connectivity index (χ3n) is 4.59. The van der Waals surface area contributed by atoms with Crippen LogP contribution in [-0.2, 0) is 12.8 Å². The summed E-state index contributed by atoms with van der Waals surface area (Å²) in [6.45, 7) is 8.60. The molecule has 0 atom stereocenters. The van der Waals surface area contributed by atoms with Crippen LogP contribution in [0.5, 0.6) is 0 Å². The van der Waals surface area contributed by atoms with Crippen LogP contribution >= 0.6 is 0 Å². The van der Waals surface area contributed by atoms with Crippen LogP contribution in [0.1, 0.15) is 11.1 Å². The van der Waals surface area contributed by atoms with Crippen LogP contribution in [0.2, 0.25) is 0 Å². The largest absolute Gasteiger partial charge is 0.0911 e. The molecule has 0 spiro atoms. The normalized spacial score (nSPS) is 14.7. The lowest BCUT2D eigenvalue weighted by Crippen LogP contribution is -2.26. The molecule has 0 heteroatoms. The smallest absolute Gasteiger partial charge is 0.00672 e. The van der Waals surface area contributed by atoms with Gasteiger partial charge in [-0.25, -0.2) is 0 Å². The van der Waals surface area contributed by atoms with E-state index in [0.29, 0.717) is 0 Å². The Morgan fingerprint density at radius 2 is 1.09 bits per heavy atom. The molecule has 0 saturated heterocycles. The van der Waals surface area contributed by atoms with Gasteiger partial charge in [0.05, 0.1) is 0 Å². The third-order valence-corrected chi connectivity index (χ3v) is 4.59. The minimum Gasteiger partial charge on any atom is -0.0911 e. The standard InChI is InChI=1S/C22H18/c1-15-11-13-17-7-3-5-9-19(17)21(15)22-16(2)12-14-18-8-4-6-10-20(18)22/h3-8,11-14H,1-2,9-10H2. The molecule has 2 aliphatic carbocycles. The second kappa shape index (κ2) is 4.99. The lowest BCUT2D eigenvalue weighted by atomic mass is 9.86. The van der Waals surface area contributed by atoms with Crippen molar-refractivity contribution in [3.63, 3.8) is 0 Å². The van der Waals surface area contributed by atoms with E-state index in [2.05, 4.69) is 73.9 Å². The molecule has 0 nitrogen and oxygen atoms in total. The quantitative estimate of drug-likeness (QED) is 0.750. The summed E-state index contributed by atoms with van der Waals surface area (Å²) in [5, 5.41) is 4.79. The van der Waals surface area contributed by atoms with Crippen molar-refractivity contribution in [3.05, 3.63) is 80.6 Å². The highest BCUT2D eigenvalue weighted by atomic mass is 14.2. The van der Waals surface area contributed by atoms with Crippen LogP contribution in [0, 0.1) is 0 Å². The molecule has 2 aliphatic rings. The van der Waals surface area contributed by atoms with Crippen LogP contribution < -0.4 is 20.9 Å². The third kappa shape index (κ3) is 1.92. The molecule has 4 rings (SSSR count). The van der Waals surface area contributed by atoms with Crippen molar-refractivity contribution in [2.75, 3.05) is 0 Å². The second-order valence-corrected chi connectivity index (χ2v) is 5.93. The monoisotopic (exact) mass is 282 g/mol. The van der Waals surface area contributed by atoms with E-state index in [1.165, 1.54) is 32.7 Å². The van der Waals surface area contributed by atoms with E-state index >= 15 is 0 Å². The van der Waals surface area contributed by atoms with Crippen LogP contribution in [0.25, 0.3) is 36.4 Å². The molecular formula is C22H18. The average molecular weight is 282 g/mol. The van der Waals surface area contributed by atoms with E-state index in [9.17, 15) is 0 Å². The van der Waals surface area contributed by atoms with Crippen LogP contribution in [0.4, 0.5) is 0 Å². The Kier molecular flexibility index (Phi) is 2.97. The number of rotatable bonds is 1. The van der Waals surface area contributed by atoms with Gasteiger partial charge in [-0.15, -0.1) is 0 Å². The molecule has 0 radical (unpaired) electrons. The molecule has 0 bridgehead atoms. The zero-order chi connectivity index (χ0) is 15.1. The first-order chi connectivity index (χ1) is 10.8. The zero-order valence-corrected chi connectivity index (χ0v) is 12.6. The van der Waals surface area contributed by atoms with Crippen molar-refractivity contribution in [3.8, 4) is 11.1 Å². The predicted molar refractivity (Wildman–Crippen MR) is 96.0 cm³/mol. The Bertz CT molecular complexity index is 959. The Morgan fingerprint density at radius 3 is 1.55 bits per heavy atom. The van der Waals surface area contributed by atoms with Crippen molar-refractivity contribution >= 4 is 25.3 Å². The first-order valence-electron chi connectivity index (χ1n) is 7.71. The first-order valence-corrected chi connectivity index (χ1v) is 7.71. The van der Waals surface area contributed by atoms with Gasteiger partial charge in [-0.3, -0.25) is 0 Å². The topological polar surface area (TPSA) is 0 Å². The van der Waals surface area contributed by atoms with E-state index < -0.39 is 0 Å². The van der Waals surface area contributed by atoms with Crippen molar-refractivity contribution in [1.82, 2.24) is 0 Å². The number of benzene rings is 2. The van der Waals surface area contributed by atoms with Crippen LogP contribution in [0.3, 0.4) is 0 Å². The van der Waals surface area contributed by atoms with Crippen LogP contribution in [-0.4, -0.2) is 0 Å². The molecule has 2 aromatic rings. The average Bonchev–Trinajstić information content (AvgIpc) is 2.56. The number of allylic oxidation sites excluding steroid dienone is 4. The van der Waals surface area contributed by atoms with Crippen molar-refractivity contribution in [1.29, 1.82) is 0 Å². The molecule has 0 aromatic heterocycles. The van der Waals surface area contributed by atoms with Crippen molar-refractivity contribution in [2.45, 2.75) is 12.8 Å². The zero-order valence-electron chi connectivity index (χ0n) is 12.6. The minimum absolute atomic E-state index is 0.965. The van der Waals surface area contributed by atoms with Crippen molar-refractivity contribution in [2.24, 2.45) is 0 Å². The summed E-state index contributed by atoms with van der Waals surface area (Å²) < 4.78 is 0. The Morgan fingerprint density at radius 1 is 0.636 bits per heavy atom. The highest BCUT2D eigenvalue weighted by molar-refractivity contribution is 5.75. The first kappa shape index (κ1) is 13.1. The van der Waals surface area contributed by atoms with Gasteiger partial charge in [-0.1, -0.05) is 73.9 Å². The van der Waals surface area contributed by atoms with E-state index in [-0.39, 0.29) is 0 Å². The fourth-order valence-corrected chi connectivity index (χ4v) is 3.52. The van der Waals surface area contributed by atoms with Gasteiger partial charge in [0, 0.05) is 0 Å². The summed E-state index contributed by atoms with van der Waals surface area (Å²) in [7, 11) is 0. The van der Waals surface area contributed by atoms with Crippen LogP contribution in [0.15, 0.2) is 48.6 Å². The summed E-state index contributed by atoms with van der Waals surface area (Å²) in [5.41, 5.74) is 5.32. The second-order valence-electron chi connectivity index (χ2n) is 5.93. The number of hydrogen-bond acceptors (Lipinski definition) is 0. The predicted octanol–water partition coefficient (Wildman–Crippen LogP) is 1.96. The molecule has 0 N–H and O–H groups in total. The molecule has 0 aliphatic heterocycles. The lowest BCUT2D eigenvalue weighted by molar-refractivity contribution is 1.18. The summed E-state index contributed by atoms with van der Waals surface area (Å²) in [6, 6.07) is 8.61. The maximum absolute atomic E-state index is 4.30. The Balaban J connectivity index is 2.16. The molecule has 2 aromatic carbocycles. The number of hydrogen-bond donors (Lipinski definition) is 0. The van der Waals surface area contributed by atoms with E-state index in [0.717, 1.165) is 23.3 Å². The fourth-order valence-electron chi connectivity index (χ4n) is 3.52. The molecule has 0 amide bonds. The summed E-state index contributed by atoms with van der Waals surface area (Å²) >= 11 is 0. The SMILES string of the molecule is C=c1ccc2c(c1-c1c3c(ccc1=C)=CC=CC3)CC=CC=2. The highest BCUT2D eigenvalue weighted by Crippen LogP contribution is 2.20. The van der Waals surface area contributed by atoms with Gasteiger partial charge in [0.15, 0.2) is 0 Å². The minimum atomic E-state index is 0.965. The molecule has 0 heterocycles. The van der Waals surface area contributed by atoms with Gasteiger partial charge in [0.2, 0.25) is 0 Å². The molecule has 106 valence electrons. The maximum Gasteiger partial charge on any atom is -0.00672 e. The molecular weight excluding hydrogens is 264 g/mol.